The summed E-state index contributed by atoms with van der Waals surface area (Å²) in [6.07, 6.45) is 3.98. The van der Waals surface area contributed by atoms with Crippen molar-refractivity contribution >= 4 is 5.91 Å². The number of amides is 1. The Labute approximate surface area is 93.0 Å². The van der Waals surface area contributed by atoms with Gasteiger partial charge in [-0.05, 0) is 18.8 Å². The molecular formula is C12H24N2O. The van der Waals surface area contributed by atoms with Crippen molar-refractivity contribution in [2.45, 2.75) is 46.1 Å². The van der Waals surface area contributed by atoms with Crippen LogP contribution in [0.2, 0.25) is 0 Å². The molecule has 88 valence electrons. The van der Waals surface area contributed by atoms with Gasteiger partial charge in [0, 0.05) is 25.0 Å². The number of carbonyl (C=O) groups excluding carboxylic acids is 1. The Hall–Kier alpha value is -0.570. The van der Waals surface area contributed by atoms with Gasteiger partial charge in [-0.15, -0.1) is 0 Å². The van der Waals surface area contributed by atoms with Crippen LogP contribution in [0.1, 0.15) is 40.0 Å². The molecule has 0 aromatic heterocycles. The Bertz CT molecular complexity index is 204. The highest BCUT2D eigenvalue weighted by Gasteiger charge is 2.22. The molecule has 3 nitrogen and oxygen atoms in total. The number of carbonyl (C=O) groups is 1. The van der Waals surface area contributed by atoms with E-state index in [1.807, 2.05) is 13.8 Å². The smallest absolute Gasteiger partial charge is 0.222 e. The lowest BCUT2D eigenvalue weighted by Gasteiger charge is -2.17. The highest BCUT2D eigenvalue weighted by Crippen LogP contribution is 2.24. The van der Waals surface area contributed by atoms with Crippen LogP contribution in [0, 0.1) is 11.8 Å². The quantitative estimate of drug-likeness (QED) is 0.679. The summed E-state index contributed by atoms with van der Waals surface area (Å²) < 4.78 is 0. The largest absolute Gasteiger partial charge is 0.355 e. The topological polar surface area (TPSA) is 41.1 Å². The van der Waals surface area contributed by atoms with E-state index >= 15 is 0 Å². The summed E-state index contributed by atoms with van der Waals surface area (Å²) in [4.78, 5) is 11.3. The van der Waals surface area contributed by atoms with Crippen molar-refractivity contribution < 1.29 is 4.79 Å². The predicted octanol–water partition coefficient (Wildman–Crippen LogP) is 1.54. The second-order valence-corrected chi connectivity index (χ2v) is 4.91. The van der Waals surface area contributed by atoms with Crippen LogP contribution in [0.15, 0.2) is 0 Å². The van der Waals surface area contributed by atoms with E-state index < -0.39 is 0 Å². The lowest BCUT2D eigenvalue weighted by molar-refractivity contribution is -0.123. The van der Waals surface area contributed by atoms with Crippen molar-refractivity contribution in [3.05, 3.63) is 0 Å². The Morgan fingerprint density at radius 3 is 2.60 bits per heavy atom. The summed E-state index contributed by atoms with van der Waals surface area (Å²) in [5.41, 5.74) is 0. The molecule has 1 rings (SSSR count). The van der Waals surface area contributed by atoms with Crippen LogP contribution < -0.4 is 10.6 Å². The van der Waals surface area contributed by atoms with Crippen molar-refractivity contribution in [2.75, 3.05) is 13.1 Å². The third-order valence-electron chi connectivity index (χ3n) is 3.22. The number of rotatable bonds is 5. The summed E-state index contributed by atoms with van der Waals surface area (Å²) >= 11 is 0. The Morgan fingerprint density at radius 2 is 2.07 bits per heavy atom. The van der Waals surface area contributed by atoms with Crippen molar-refractivity contribution in [3.8, 4) is 0 Å². The molecule has 1 aliphatic carbocycles. The van der Waals surface area contributed by atoms with Crippen molar-refractivity contribution in [1.29, 1.82) is 0 Å². The van der Waals surface area contributed by atoms with Gasteiger partial charge in [-0.2, -0.15) is 0 Å². The first-order valence-corrected chi connectivity index (χ1v) is 6.12. The molecule has 0 radical (unpaired) electrons. The van der Waals surface area contributed by atoms with E-state index in [4.69, 9.17) is 0 Å². The molecular weight excluding hydrogens is 188 g/mol. The molecule has 0 aromatic carbocycles. The molecule has 2 unspecified atom stereocenters. The molecule has 1 aliphatic rings. The Kier molecular flexibility index (Phi) is 5.09. The van der Waals surface area contributed by atoms with Gasteiger partial charge in [-0.25, -0.2) is 0 Å². The first-order valence-electron chi connectivity index (χ1n) is 6.12. The second kappa shape index (κ2) is 6.11. The van der Waals surface area contributed by atoms with Crippen LogP contribution in [-0.2, 0) is 4.79 Å². The lowest BCUT2D eigenvalue weighted by atomic mass is 10.1. The highest BCUT2D eigenvalue weighted by molar-refractivity contribution is 5.77. The zero-order chi connectivity index (χ0) is 11.3. The molecule has 3 heteroatoms. The minimum Gasteiger partial charge on any atom is -0.355 e. The van der Waals surface area contributed by atoms with Gasteiger partial charge in [-0.1, -0.05) is 27.2 Å². The fourth-order valence-corrected chi connectivity index (χ4v) is 2.10. The average molecular weight is 212 g/mol. The van der Waals surface area contributed by atoms with E-state index in [1.54, 1.807) is 0 Å². The molecule has 1 saturated carbocycles. The van der Waals surface area contributed by atoms with E-state index in [0.29, 0.717) is 6.04 Å². The molecule has 0 aliphatic heterocycles. The summed E-state index contributed by atoms with van der Waals surface area (Å²) in [6.45, 7) is 7.79. The van der Waals surface area contributed by atoms with E-state index in [0.717, 1.165) is 19.0 Å². The van der Waals surface area contributed by atoms with Crippen molar-refractivity contribution in [1.82, 2.24) is 10.6 Å². The fourth-order valence-electron chi connectivity index (χ4n) is 2.10. The SMILES string of the molecule is CC(C)C(=O)NCCNC1CCCC1C. The van der Waals surface area contributed by atoms with Gasteiger partial charge in [0.1, 0.15) is 0 Å². The molecule has 2 N–H and O–H groups in total. The van der Waals surface area contributed by atoms with Crippen LogP contribution in [0.4, 0.5) is 0 Å². The minimum atomic E-state index is 0.0930. The zero-order valence-corrected chi connectivity index (χ0v) is 10.2. The summed E-state index contributed by atoms with van der Waals surface area (Å²) in [6, 6.07) is 0.668. The van der Waals surface area contributed by atoms with Gasteiger partial charge in [0.25, 0.3) is 0 Å². The molecule has 0 bridgehead atoms. The monoisotopic (exact) mass is 212 g/mol. The van der Waals surface area contributed by atoms with Gasteiger partial charge in [-0.3, -0.25) is 4.79 Å². The van der Waals surface area contributed by atoms with Gasteiger partial charge < -0.3 is 10.6 Å². The summed E-state index contributed by atoms with van der Waals surface area (Å²) in [5, 5.41) is 6.43. The third kappa shape index (κ3) is 4.20. The molecule has 0 saturated heterocycles. The van der Waals surface area contributed by atoms with Crippen molar-refractivity contribution in [2.24, 2.45) is 11.8 Å². The maximum Gasteiger partial charge on any atom is 0.222 e. The number of hydrogen-bond donors (Lipinski definition) is 2. The maximum atomic E-state index is 11.3. The predicted molar refractivity (Wildman–Crippen MR) is 62.7 cm³/mol. The first-order chi connectivity index (χ1) is 7.11. The highest BCUT2D eigenvalue weighted by atomic mass is 16.1. The Balaban J connectivity index is 2.04. The standard InChI is InChI=1S/C12H24N2O/c1-9(2)12(15)14-8-7-13-11-6-4-5-10(11)3/h9-11,13H,4-8H2,1-3H3,(H,14,15). The van der Waals surface area contributed by atoms with Gasteiger partial charge in [0.15, 0.2) is 0 Å². The molecule has 1 fully saturated rings. The number of nitrogens with one attached hydrogen (secondary N) is 2. The van der Waals surface area contributed by atoms with Gasteiger partial charge in [0.2, 0.25) is 5.91 Å². The molecule has 0 aromatic rings. The van der Waals surface area contributed by atoms with Crippen LogP contribution in [0.25, 0.3) is 0 Å². The maximum absolute atomic E-state index is 11.3. The summed E-state index contributed by atoms with van der Waals surface area (Å²) in [7, 11) is 0. The number of hydrogen-bond acceptors (Lipinski definition) is 2. The zero-order valence-electron chi connectivity index (χ0n) is 10.2. The van der Waals surface area contributed by atoms with E-state index in [1.165, 1.54) is 19.3 Å². The average Bonchev–Trinajstić information content (AvgIpc) is 2.58. The van der Waals surface area contributed by atoms with Crippen LogP contribution >= 0.6 is 0 Å². The molecule has 15 heavy (non-hydrogen) atoms. The van der Waals surface area contributed by atoms with Gasteiger partial charge in [0.05, 0.1) is 0 Å². The van der Waals surface area contributed by atoms with Gasteiger partial charge >= 0.3 is 0 Å². The third-order valence-corrected chi connectivity index (χ3v) is 3.22. The second-order valence-electron chi connectivity index (χ2n) is 4.91. The first kappa shape index (κ1) is 12.5. The van der Waals surface area contributed by atoms with Crippen LogP contribution in [-0.4, -0.2) is 25.0 Å². The van der Waals surface area contributed by atoms with E-state index in [9.17, 15) is 4.79 Å². The molecule has 1 amide bonds. The molecule has 2 atom stereocenters. The van der Waals surface area contributed by atoms with Crippen LogP contribution in [0.3, 0.4) is 0 Å². The Morgan fingerprint density at radius 1 is 1.33 bits per heavy atom. The fraction of sp³-hybridized carbons (Fsp3) is 0.917. The molecule has 0 spiro atoms. The minimum absolute atomic E-state index is 0.0930. The molecule has 0 heterocycles. The van der Waals surface area contributed by atoms with Crippen molar-refractivity contribution in [3.63, 3.8) is 0 Å². The van der Waals surface area contributed by atoms with E-state index in [-0.39, 0.29) is 11.8 Å². The normalized spacial score (nSPS) is 25.9. The summed E-state index contributed by atoms with van der Waals surface area (Å²) in [5.74, 6) is 1.04. The lowest BCUT2D eigenvalue weighted by Crippen LogP contribution is -2.39. The van der Waals surface area contributed by atoms with E-state index in [2.05, 4.69) is 17.6 Å². The van der Waals surface area contributed by atoms with Crippen LogP contribution in [0.5, 0.6) is 0 Å².